The Morgan fingerprint density at radius 3 is 3.05 bits per heavy atom. The van der Waals surface area contributed by atoms with E-state index in [9.17, 15) is 4.79 Å². The second kappa shape index (κ2) is 5.67. The van der Waals surface area contributed by atoms with Gasteiger partial charge < -0.3 is 9.73 Å². The molecule has 0 aliphatic heterocycles. The van der Waals surface area contributed by atoms with Gasteiger partial charge in [0.15, 0.2) is 0 Å². The van der Waals surface area contributed by atoms with Crippen LogP contribution in [0.4, 0.5) is 0 Å². The van der Waals surface area contributed by atoms with Gasteiger partial charge in [-0.2, -0.15) is 5.26 Å². The number of nitriles is 1. The molecule has 1 N–H and O–H groups in total. The Morgan fingerprint density at radius 2 is 2.47 bits per heavy atom. The Hall–Kier alpha value is -2.13. The Bertz CT molecular complexity index is 610. The van der Waals surface area contributed by atoms with E-state index in [1.807, 2.05) is 19.9 Å². The number of furan rings is 1. The molecule has 0 spiro atoms. The number of aromatic nitrogens is 1. The van der Waals surface area contributed by atoms with Crippen LogP contribution in [-0.2, 0) is 6.42 Å². The van der Waals surface area contributed by atoms with Crippen LogP contribution in [0.15, 0.2) is 23.0 Å². The largest absolute Gasteiger partial charge is 0.472 e. The normalized spacial score (nSPS) is 11.8. The lowest BCUT2D eigenvalue weighted by molar-refractivity contribution is 0.0948. The van der Waals surface area contributed by atoms with Crippen LogP contribution in [0.25, 0.3) is 0 Å². The van der Waals surface area contributed by atoms with Gasteiger partial charge in [0.25, 0.3) is 5.91 Å². The average Bonchev–Trinajstić information content (AvgIpc) is 3.04. The molecule has 2 rings (SSSR count). The fraction of sp³-hybridized carbons (Fsp3) is 0.308. The highest BCUT2D eigenvalue weighted by molar-refractivity contribution is 7.13. The van der Waals surface area contributed by atoms with Gasteiger partial charge in [0, 0.05) is 5.56 Å². The van der Waals surface area contributed by atoms with Crippen molar-refractivity contribution >= 4 is 17.2 Å². The highest BCUT2D eigenvalue weighted by Crippen LogP contribution is 2.20. The minimum Gasteiger partial charge on any atom is -0.472 e. The third-order valence-electron chi connectivity index (χ3n) is 2.63. The van der Waals surface area contributed by atoms with Crippen molar-refractivity contribution < 1.29 is 9.21 Å². The molecule has 0 aromatic carbocycles. The molecule has 5 nitrogen and oxygen atoms in total. The Labute approximate surface area is 114 Å². The van der Waals surface area contributed by atoms with Gasteiger partial charge >= 0.3 is 0 Å². The van der Waals surface area contributed by atoms with Crippen molar-refractivity contribution in [3.63, 3.8) is 0 Å². The van der Waals surface area contributed by atoms with Crippen LogP contribution in [0.2, 0.25) is 0 Å². The van der Waals surface area contributed by atoms with Crippen LogP contribution in [0.5, 0.6) is 0 Å². The molecular weight excluding hydrogens is 262 g/mol. The van der Waals surface area contributed by atoms with Crippen molar-refractivity contribution in [2.24, 2.45) is 0 Å². The number of hydrogen-bond donors (Lipinski definition) is 1. The number of rotatable bonds is 4. The Kier molecular flexibility index (Phi) is 3.97. The predicted octanol–water partition coefficient (Wildman–Crippen LogP) is 2.60. The number of thiazole rings is 1. The maximum absolute atomic E-state index is 12.2. The maximum atomic E-state index is 12.2. The number of carbonyl (C=O) groups excluding carboxylic acids is 1. The smallest absolute Gasteiger partial charge is 0.264 e. The first-order chi connectivity index (χ1) is 9.15. The summed E-state index contributed by atoms with van der Waals surface area (Å²) in [4.78, 5) is 17.1. The molecule has 0 bridgehead atoms. The van der Waals surface area contributed by atoms with E-state index in [2.05, 4.69) is 10.3 Å². The summed E-state index contributed by atoms with van der Waals surface area (Å²) in [5.41, 5.74) is 1.40. The molecule has 0 fully saturated rings. The minimum absolute atomic E-state index is 0.268. The first-order valence-electron chi connectivity index (χ1n) is 5.84. The molecule has 19 heavy (non-hydrogen) atoms. The summed E-state index contributed by atoms with van der Waals surface area (Å²) >= 11 is 1.34. The zero-order valence-electron chi connectivity index (χ0n) is 10.6. The van der Waals surface area contributed by atoms with Crippen molar-refractivity contribution in [1.82, 2.24) is 10.3 Å². The zero-order chi connectivity index (χ0) is 13.8. The lowest BCUT2D eigenvalue weighted by Crippen LogP contribution is -2.27. The van der Waals surface area contributed by atoms with Crippen molar-refractivity contribution in [2.45, 2.75) is 26.3 Å². The molecule has 0 aliphatic rings. The number of nitrogens with zero attached hydrogens (tertiary/aromatic N) is 2. The summed E-state index contributed by atoms with van der Waals surface area (Å²) in [6.07, 6.45) is 3.61. The number of aryl methyl sites for hydroxylation is 2. The molecule has 98 valence electrons. The van der Waals surface area contributed by atoms with E-state index < -0.39 is 6.04 Å². The zero-order valence-corrected chi connectivity index (χ0v) is 11.5. The molecule has 0 saturated carbocycles. The SMILES string of the molecule is CCc1nc(C)sc1C(=O)NC(C#N)c1ccoc1. The quantitative estimate of drug-likeness (QED) is 0.930. The van der Waals surface area contributed by atoms with Crippen LogP contribution < -0.4 is 5.32 Å². The Balaban J connectivity index is 2.18. The third kappa shape index (κ3) is 2.83. The maximum Gasteiger partial charge on any atom is 0.264 e. The standard InChI is InChI=1S/C13H13N3O2S/c1-3-10-12(19-8(2)15-10)13(17)16-11(6-14)9-4-5-18-7-9/h4-5,7,11H,3H2,1-2H3,(H,16,17). The minimum atomic E-state index is -0.710. The van der Waals surface area contributed by atoms with Gasteiger partial charge in [-0.15, -0.1) is 11.3 Å². The fourth-order valence-electron chi connectivity index (χ4n) is 1.71. The van der Waals surface area contributed by atoms with E-state index in [0.29, 0.717) is 16.9 Å². The monoisotopic (exact) mass is 275 g/mol. The van der Waals surface area contributed by atoms with E-state index in [-0.39, 0.29) is 5.91 Å². The molecule has 1 unspecified atom stereocenters. The summed E-state index contributed by atoms with van der Waals surface area (Å²) in [6.45, 7) is 3.81. The van der Waals surface area contributed by atoms with Crippen molar-refractivity contribution in [3.8, 4) is 6.07 Å². The summed E-state index contributed by atoms with van der Waals surface area (Å²) in [5.74, 6) is -0.268. The molecule has 2 aromatic rings. The Morgan fingerprint density at radius 1 is 1.68 bits per heavy atom. The molecule has 6 heteroatoms. The highest BCUT2D eigenvalue weighted by atomic mass is 32.1. The van der Waals surface area contributed by atoms with Crippen molar-refractivity contribution in [3.05, 3.63) is 39.7 Å². The summed E-state index contributed by atoms with van der Waals surface area (Å²) in [7, 11) is 0. The van der Waals surface area contributed by atoms with E-state index in [4.69, 9.17) is 9.68 Å². The predicted molar refractivity (Wildman–Crippen MR) is 70.8 cm³/mol. The molecule has 0 saturated heterocycles. The first-order valence-corrected chi connectivity index (χ1v) is 6.66. The van der Waals surface area contributed by atoms with Gasteiger partial charge in [0.2, 0.25) is 0 Å². The van der Waals surface area contributed by atoms with Crippen LogP contribution in [0, 0.1) is 18.3 Å². The van der Waals surface area contributed by atoms with Gasteiger partial charge in [-0.3, -0.25) is 4.79 Å². The van der Waals surface area contributed by atoms with Gasteiger partial charge in [0.05, 0.1) is 29.3 Å². The van der Waals surface area contributed by atoms with E-state index in [1.54, 1.807) is 6.07 Å². The van der Waals surface area contributed by atoms with Crippen LogP contribution in [0.3, 0.4) is 0 Å². The van der Waals surface area contributed by atoms with Gasteiger partial charge in [0.1, 0.15) is 10.9 Å². The topological polar surface area (TPSA) is 78.9 Å². The lowest BCUT2D eigenvalue weighted by atomic mass is 10.1. The number of carbonyl (C=O) groups is 1. The molecule has 0 aliphatic carbocycles. The summed E-state index contributed by atoms with van der Waals surface area (Å²) < 4.78 is 4.92. The van der Waals surface area contributed by atoms with E-state index in [1.165, 1.54) is 23.9 Å². The number of nitrogens with one attached hydrogen (secondary N) is 1. The van der Waals surface area contributed by atoms with Crippen LogP contribution in [-0.4, -0.2) is 10.9 Å². The molecule has 2 aromatic heterocycles. The first kappa shape index (κ1) is 13.3. The second-order valence-corrected chi connectivity index (χ2v) is 5.16. The summed E-state index contributed by atoms with van der Waals surface area (Å²) in [6, 6.07) is 2.99. The molecular formula is C13H13N3O2S. The summed E-state index contributed by atoms with van der Waals surface area (Å²) in [5, 5.41) is 12.6. The number of hydrogen-bond acceptors (Lipinski definition) is 5. The number of amides is 1. The van der Waals surface area contributed by atoms with Gasteiger partial charge in [-0.1, -0.05) is 6.92 Å². The van der Waals surface area contributed by atoms with Crippen LogP contribution in [0.1, 0.15) is 38.9 Å². The van der Waals surface area contributed by atoms with Crippen LogP contribution >= 0.6 is 11.3 Å². The van der Waals surface area contributed by atoms with Gasteiger partial charge in [-0.05, 0) is 19.4 Å². The molecule has 1 atom stereocenters. The van der Waals surface area contributed by atoms with Crippen molar-refractivity contribution in [2.75, 3.05) is 0 Å². The molecule has 1 amide bonds. The van der Waals surface area contributed by atoms with E-state index >= 15 is 0 Å². The lowest BCUT2D eigenvalue weighted by Gasteiger charge is -2.09. The fourth-order valence-corrected chi connectivity index (χ4v) is 2.62. The second-order valence-electron chi connectivity index (χ2n) is 3.95. The molecule has 2 heterocycles. The third-order valence-corrected chi connectivity index (χ3v) is 3.64. The van der Waals surface area contributed by atoms with Gasteiger partial charge in [-0.25, -0.2) is 4.98 Å². The average molecular weight is 275 g/mol. The van der Waals surface area contributed by atoms with Crippen molar-refractivity contribution in [1.29, 1.82) is 5.26 Å². The van der Waals surface area contributed by atoms with E-state index in [0.717, 1.165) is 10.7 Å². The molecule has 0 radical (unpaired) electrons. The highest BCUT2D eigenvalue weighted by Gasteiger charge is 2.20.